The zero-order chi connectivity index (χ0) is 25.0. The van der Waals surface area contributed by atoms with Crippen LogP contribution in [0.1, 0.15) is 54.6 Å². The summed E-state index contributed by atoms with van der Waals surface area (Å²) in [5.74, 6) is -0.0692. The first-order valence-electron chi connectivity index (χ1n) is 12.3. The van der Waals surface area contributed by atoms with Crippen molar-refractivity contribution in [2.24, 2.45) is 5.92 Å². The summed E-state index contributed by atoms with van der Waals surface area (Å²) in [6.07, 6.45) is 4.80. The summed E-state index contributed by atoms with van der Waals surface area (Å²) in [6, 6.07) is 10.3. The van der Waals surface area contributed by atoms with Crippen LogP contribution >= 0.6 is 0 Å². The van der Waals surface area contributed by atoms with E-state index in [0.717, 1.165) is 11.1 Å². The second-order valence-electron chi connectivity index (χ2n) is 9.87. The van der Waals surface area contributed by atoms with Crippen LogP contribution < -0.4 is 5.32 Å². The number of hydrogen-bond donors (Lipinski definition) is 1. The van der Waals surface area contributed by atoms with Crippen LogP contribution in [0, 0.1) is 12.8 Å². The van der Waals surface area contributed by atoms with Crippen LogP contribution in [0.5, 0.6) is 0 Å². The van der Waals surface area contributed by atoms with E-state index in [9.17, 15) is 14.4 Å². The molecule has 186 valence electrons. The number of carbonyl (C=O) groups excluding carboxylic acids is 3. The number of nitrogens with zero attached hydrogens (tertiary/aromatic N) is 3. The molecule has 1 spiro atoms. The van der Waals surface area contributed by atoms with Gasteiger partial charge in [0.1, 0.15) is 11.8 Å². The maximum Gasteiger partial charge on any atom is 0.256 e. The van der Waals surface area contributed by atoms with Gasteiger partial charge >= 0.3 is 0 Å². The maximum atomic E-state index is 13.8. The fourth-order valence-electron chi connectivity index (χ4n) is 4.88. The molecule has 2 saturated heterocycles. The molecular formula is C27H34N4O4. The first kappa shape index (κ1) is 24.9. The zero-order valence-electron chi connectivity index (χ0n) is 20.7. The highest BCUT2D eigenvalue weighted by Gasteiger charge is 2.54. The molecule has 8 nitrogen and oxygen atoms in total. The molecule has 3 amide bonds. The second-order valence-corrected chi connectivity index (χ2v) is 9.87. The molecule has 0 aliphatic carbocycles. The quantitative estimate of drug-likeness (QED) is 0.689. The molecular weight excluding hydrogens is 444 g/mol. The number of ether oxygens (including phenoxy) is 1. The first-order chi connectivity index (χ1) is 16.8. The fourth-order valence-corrected chi connectivity index (χ4v) is 4.88. The molecule has 2 aromatic rings. The van der Waals surface area contributed by atoms with Crippen LogP contribution in [0.4, 0.5) is 0 Å². The number of nitrogens with one attached hydrogen (secondary N) is 1. The summed E-state index contributed by atoms with van der Waals surface area (Å²) >= 11 is 0. The highest BCUT2D eigenvalue weighted by atomic mass is 16.5. The third kappa shape index (κ3) is 5.53. The van der Waals surface area contributed by atoms with Crippen LogP contribution in [-0.2, 0) is 20.9 Å². The number of piperidine rings is 1. The summed E-state index contributed by atoms with van der Waals surface area (Å²) in [5.41, 5.74) is 1.52. The summed E-state index contributed by atoms with van der Waals surface area (Å²) in [6.45, 7) is 7.45. The number of aromatic nitrogens is 1. The Balaban J connectivity index is 1.55. The summed E-state index contributed by atoms with van der Waals surface area (Å²) in [4.78, 5) is 47.2. The van der Waals surface area contributed by atoms with Crippen molar-refractivity contribution in [1.29, 1.82) is 0 Å². The molecule has 3 heterocycles. The van der Waals surface area contributed by atoms with Crippen LogP contribution in [0.15, 0.2) is 48.8 Å². The second kappa shape index (κ2) is 10.6. The summed E-state index contributed by atoms with van der Waals surface area (Å²) < 4.78 is 6.26. The van der Waals surface area contributed by atoms with Gasteiger partial charge in [-0.15, -0.1) is 0 Å². The Hall–Kier alpha value is -3.26. The SMILES string of the molecule is Cc1cccc(C(=O)N2C(C(=O)NCc3ccncc3)COC23CCN(C(=O)CC(C)C)CC3)c1. The van der Waals surface area contributed by atoms with Crippen molar-refractivity contribution >= 4 is 17.7 Å². The Morgan fingerprint density at radius 3 is 2.51 bits per heavy atom. The van der Waals surface area contributed by atoms with Gasteiger partial charge in [0.05, 0.1) is 6.61 Å². The normalized spacial score (nSPS) is 19.3. The molecule has 1 atom stereocenters. The third-order valence-electron chi connectivity index (χ3n) is 6.74. The molecule has 35 heavy (non-hydrogen) atoms. The van der Waals surface area contributed by atoms with Crippen molar-refractivity contribution in [2.75, 3.05) is 19.7 Å². The average Bonchev–Trinajstić information content (AvgIpc) is 3.21. The molecule has 0 saturated carbocycles. The molecule has 0 radical (unpaired) electrons. The smallest absolute Gasteiger partial charge is 0.256 e. The van der Waals surface area contributed by atoms with Gasteiger partial charge < -0.3 is 15.0 Å². The highest BCUT2D eigenvalue weighted by Crippen LogP contribution is 2.38. The van der Waals surface area contributed by atoms with Gasteiger partial charge in [0, 0.05) is 56.9 Å². The number of pyridine rings is 1. The fraction of sp³-hybridized carbons (Fsp3) is 0.481. The van der Waals surface area contributed by atoms with Crippen LogP contribution in [0.2, 0.25) is 0 Å². The average molecular weight is 479 g/mol. The summed E-state index contributed by atoms with van der Waals surface area (Å²) in [7, 11) is 0. The Morgan fingerprint density at radius 1 is 1.14 bits per heavy atom. The van der Waals surface area contributed by atoms with E-state index in [1.54, 1.807) is 23.4 Å². The molecule has 0 bridgehead atoms. The van der Waals surface area contributed by atoms with E-state index >= 15 is 0 Å². The molecule has 1 aromatic heterocycles. The lowest BCUT2D eigenvalue weighted by atomic mass is 9.95. The Morgan fingerprint density at radius 2 is 1.86 bits per heavy atom. The Bertz CT molecular complexity index is 1060. The highest BCUT2D eigenvalue weighted by molar-refractivity contribution is 5.98. The summed E-state index contributed by atoms with van der Waals surface area (Å²) in [5, 5.41) is 2.95. The van der Waals surface area contributed by atoms with E-state index in [2.05, 4.69) is 10.3 Å². The van der Waals surface area contributed by atoms with Gasteiger partial charge in [-0.05, 0) is 42.7 Å². The van der Waals surface area contributed by atoms with Crippen LogP contribution in [-0.4, -0.2) is 64.0 Å². The third-order valence-corrected chi connectivity index (χ3v) is 6.74. The van der Waals surface area contributed by atoms with Crippen molar-refractivity contribution in [3.05, 3.63) is 65.5 Å². The molecule has 2 fully saturated rings. The Labute approximate surface area is 206 Å². The van der Waals surface area contributed by atoms with E-state index in [-0.39, 0.29) is 30.2 Å². The predicted molar refractivity (Wildman–Crippen MR) is 131 cm³/mol. The maximum absolute atomic E-state index is 13.8. The number of likely N-dealkylation sites (tertiary alicyclic amines) is 1. The van der Waals surface area contributed by atoms with Gasteiger partial charge in [0.25, 0.3) is 5.91 Å². The lowest BCUT2D eigenvalue weighted by molar-refractivity contribution is -0.144. The van der Waals surface area contributed by atoms with Crippen LogP contribution in [0.3, 0.4) is 0 Å². The Kier molecular flexibility index (Phi) is 7.50. The molecule has 2 aliphatic rings. The monoisotopic (exact) mass is 478 g/mol. The van der Waals surface area contributed by atoms with Crippen molar-refractivity contribution in [3.63, 3.8) is 0 Å². The van der Waals surface area contributed by atoms with Gasteiger partial charge in [0.15, 0.2) is 0 Å². The van der Waals surface area contributed by atoms with Gasteiger partial charge in [-0.1, -0.05) is 31.5 Å². The number of benzene rings is 1. The predicted octanol–water partition coefficient (Wildman–Crippen LogP) is 2.91. The standard InChI is InChI=1S/C27H34N4O4/c1-19(2)15-24(32)30-13-9-27(10-14-30)31(26(34)22-6-4-5-20(3)16-22)23(18-35-27)25(33)29-17-21-7-11-28-12-8-21/h4-8,11-12,16,19,23H,9-10,13-15,17-18H2,1-3H3,(H,29,33). The minimum Gasteiger partial charge on any atom is -0.353 e. The minimum atomic E-state index is -0.909. The first-order valence-corrected chi connectivity index (χ1v) is 12.3. The molecule has 2 aliphatic heterocycles. The van der Waals surface area contributed by atoms with E-state index < -0.39 is 11.8 Å². The number of amides is 3. The molecule has 1 unspecified atom stereocenters. The number of hydrogen-bond acceptors (Lipinski definition) is 5. The van der Waals surface area contributed by atoms with Crippen molar-refractivity contribution in [1.82, 2.24) is 20.1 Å². The topological polar surface area (TPSA) is 91.8 Å². The van der Waals surface area contributed by atoms with Crippen LogP contribution in [0.25, 0.3) is 0 Å². The molecule has 4 rings (SSSR count). The minimum absolute atomic E-state index is 0.121. The van der Waals surface area contributed by atoms with Gasteiger partial charge in [-0.25, -0.2) is 0 Å². The van der Waals surface area contributed by atoms with Gasteiger partial charge in [-0.3, -0.25) is 24.3 Å². The molecule has 1 aromatic carbocycles. The van der Waals surface area contributed by atoms with E-state index in [1.165, 1.54) is 0 Å². The largest absolute Gasteiger partial charge is 0.353 e. The molecule has 1 N–H and O–H groups in total. The zero-order valence-corrected chi connectivity index (χ0v) is 20.7. The van der Waals surface area contributed by atoms with Crippen molar-refractivity contribution < 1.29 is 19.1 Å². The number of rotatable bonds is 6. The van der Waals surface area contributed by atoms with Gasteiger partial charge in [0.2, 0.25) is 11.8 Å². The van der Waals surface area contributed by atoms with Gasteiger partial charge in [-0.2, -0.15) is 0 Å². The van der Waals surface area contributed by atoms with E-state index in [1.807, 2.05) is 56.0 Å². The van der Waals surface area contributed by atoms with E-state index in [0.29, 0.717) is 44.5 Å². The molecule has 8 heteroatoms. The van der Waals surface area contributed by atoms with Crippen molar-refractivity contribution in [3.8, 4) is 0 Å². The number of carbonyl (C=O) groups is 3. The lowest BCUT2D eigenvalue weighted by Crippen LogP contribution is -2.59. The van der Waals surface area contributed by atoms with Crippen molar-refractivity contribution in [2.45, 2.75) is 58.3 Å². The number of aryl methyl sites for hydroxylation is 1. The van der Waals surface area contributed by atoms with E-state index in [4.69, 9.17) is 4.74 Å². The lowest BCUT2D eigenvalue weighted by Gasteiger charge is -2.44.